The highest BCUT2D eigenvalue weighted by molar-refractivity contribution is 6.09. The Hall–Kier alpha value is -2.10. The van der Waals surface area contributed by atoms with Gasteiger partial charge in [-0.05, 0) is 26.0 Å². The van der Waals surface area contributed by atoms with Gasteiger partial charge in [-0.15, -0.1) is 0 Å². The minimum absolute atomic E-state index is 0.106. The maximum Gasteiger partial charge on any atom is 0.198 e. The largest absolute Gasteiger partial charge is 0.495 e. The van der Waals surface area contributed by atoms with Crippen LogP contribution in [0, 0.1) is 13.8 Å². The lowest BCUT2D eigenvalue weighted by Gasteiger charge is -2.02. The van der Waals surface area contributed by atoms with Crippen molar-refractivity contribution < 1.29 is 13.9 Å². The predicted octanol–water partition coefficient (Wildman–Crippen LogP) is 2.53. The van der Waals surface area contributed by atoms with E-state index < -0.39 is 0 Å². The number of carbonyl (C=O) groups is 1. The van der Waals surface area contributed by atoms with Crippen molar-refractivity contribution in [3.05, 3.63) is 47.2 Å². The zero-order chi connectivity index (χ0) is 12.4. The standard InChI is InChI=1S/C13H13NO3/c1-8-4-12(9(2)17-8)13(15)10-5-11(16-3)7-14-6-10/h4-7H,1-3H3. The van der Waals surface area contributed by atoms with Crippen molar-refractivity contribution in [1.82, 2.24) is 4.98 Å². The van der Waals surface area contributed by atoms with Gasteiger partial charge in [0.15, 0.2) is 5.78 Å². The van der Waals surface area contributed by atoms with Crippen LogP contribution in [0.3, 0.4) is 0 Å². The van der Waals surface area contributed by atoms with Crippen LogP contribution in [0.2, 0.25) is 0 Å². The van der Waals surface area contributed by atoms with Crippen LogP contribution < -0.4 is 4.74 Å². The van der Waals surface area contributed by atoms with Gasteiger partial charge in [-0.3, -0.25) is 9.78 Å². The number of ether oxygens (including phenoxy) is 1. The molecule has 0 saturated heterocycles. The van der Waals surface area contributed by atoms with E-state index in [1.165, 1.54) is 6.20 Å². The summed E-state index contributed by atoms with van der Waals surface area (Å²) >= 11 is 0. The molecule has 2 aromatic rings. The molecule has 88 valence electrons. The van der Waals surface area contributed by atoms with Crippen LogP contribution in [0.5, 0.6) is 5.75 Å². The van der Waals surface area contributed by atoms with Crippen molar-refractivity contribution in [2.24, 2.45) is 0 Å². The molecule has 2 rings (SSSR count). The van der Waals surface area contributed by atoms with E-state index in [2.05, 4.69) is 4.98 Å². The Labute approximate surface area is 99.2 Å². The number of hydrogen-bond donors (Lipinski definition) is 0. The van der Waals surface area contributed by atoms with Crippen molar-refractivity contribution in [2.75, 3.05) is 7.11 Å². The van der Waals surface area contributed by atoms with Crippen LogP contribution in [0.15, 0.2) is 28.9 Å². The summed E-state index contributed by atoms with van der Waals surface area (Å²) in [5.41, 5.74) is 1.06. The summed E-state index contributed by atoms with van der Waals surface area (Å²) in [6.07, 6.45) is 3.08. The summed E-state index contributed by atoms with van der Waals surface area (Å²) in [5, 5.41) is 0. The highest BCUT2D eigenvalue weighted by atomic mass is 16.5. The fourth-order valence-electron chi connectivity index (χ4n) is 1.67. The van der Waals surface area contributed by atoms with Gasteiger partial charge >= 0.3 is 0 Å². The quantitative estimate of drug-likeness (QED) is 0.762. The molecule has 0 atom stereocenters. The zero-order valence-corrected chi connectivity index (χ0v) is 9.98. The molecule has 0 aliphatic rings. The van der Waals surface area contributed by atoms with Crippen molar-refractivity contribution in [2.45, 2.75) is 13.8 Å². The van der Waals surface area contributed by atoms with E-state index in [1.807, 2.05) is 6.92 Å². The number of furan rings is 1. The number of methoxy groups -OCH3 is 1. The molecule has 0 radical (unpaired) electrons. The molecule has 0 aliphatic carbocycles. The first kappa shape index (κ1) is 11.4. The molecule has 0 bridgehead atoms. The summed E-state index contributed by atoms with van der Waals surface area (Å²) in [6.45, 7) is 3.58. The van der Waals surface area contributed by atoms with Gasteiger partial charge in [0.05, 0.1) is 18.9 Å². The van der Waals surface area contributed by atoms with Gasteiger partial charge in [0, 0.05) is 11.8 Å². The van der Waals surface area contributed by atoms with Crippen molar-refractivity contribution in [3.63, 3.8) is 0 Å². The van der Waals surface area contributed by atoms with Crippen molar-refractivity contribution in [1.29, 1.82) is 0 Å². The molecular weight excluding hydrogens is 218 g/mol. The average Bonchev–Trinajstić information content (AvgIpc) is 2.67. The number of carbonyl (C=O) groups excluding carboxylic acids is 1. The Bertz CT molecular complexity index is 558. The Morgan fingerprint density at radius 1 is 1.29 bits per heavy atom. The van der Waals surface area contributed by atoms with Crippen LogP contribution in [0.1, 0.15) is 27.4 Å². The number of aryl methyl sites for hydroxylation is 2. The fraction of sp³-hybridized carbons (Fsp3) is 0.231. The first-order valence-electron chi connectivity index (χ1n) is 5.22. The smallest absolute Gasteiger partial charge is 0.198 e. The lowest BCUT2D eigenvalue weighted by atomic mass is 10.1. The van der Waals surface area contributed by atoms with Crippen LogP contribution in [0.4, 0.5) is 0 Å². The number of ketones is 1. The van der Waals surface area contributed by atoms with E-state index in [1.54, 1.807) is 32.4 Å². The van der Waals surface area contributed by atoms with Crippen LogP contribution in [-0.4, -0.2) is 17.9 Å². The van der Waals surface area contributed by atoms with E-state index in [0.717, 1.165) is 5.76 Å². The van der Waals surface area contributed by atoms with E-state index in [-0.39, 0.29) is 5.78 Å². The van der Waals surface area contributed by atoms with Crippen molar-refractivity contribution >= 4 is 5.78 Å². The maximum atomic E-state index is 12.2. The van der Waals surface area contributed by atoms with Gasteiger partial charge in [0.2, 0.25) is 0 Å². The third kappa shape index (κ3) is 2.20. The molecule has 0 unspecified atom stereocenters. The van der Waals surface area contributed by atoms with Gasteiger partial charge in [-0.2, -0.15) is 0 Å². The lowest BCUT2D eigenvalue weighted by molar-refractivity contribution is 0.103. The normalized spacial score (nSPS) is 10.3. The van der Waals surface area contributed by atoms with E-state index in [4.69, 9.17) is 9.15 Å². The maximum absolute atomic E-state index is 12.2. The summed E-state index contributed by atoms with van der Waals surface area (Å²) < 4.78 is 10.4. The third-order valence-electron chi connectivity index (χ3n) is 2.50. The van der Waals surface area contributed by atoms with E-state index in [0.29, 0.717) is 22.6 Å². The molecule has 4 heteroatoms. The minimum Gasteiger partial charge on any atom is -0.495 e. The highest BCUT2D eigenvalue weighted by Gasteiger charge is 2.16. The second kappa shape index (κ2) is 4.41. The van der Waals surface area contributed by atoms with Crippen LogP contribution >= 0.6 is 0 Å². The second-order valence-corrected chi connectivity index (χ2v) is 3.77. The predicted molar refractivity (Wildman–Crippen MR) is 62.4 cm³/mol. The monoisotopic (exact) mass is 231 g/mol. The third-order valence-corrected chi connectivity index (χ3v) is 2.50. The molecule has 2 aromatic heterocycles. The van der Waals surface area contributed by atoms with Gasteiger partial charge in [0.1, 0.15) is 17.3 Å². The zero-order valence-electron chi connectivity index (χ0n) is 9.98. The van der Waals surface area contributed by atoms with Gasteiger partial charge in [-0.1, -0.05) is 0 Å². The van der Waals surface area contributed by atoms with Gasteiger partial charge in [-0.25, -0.2) is 0 Å². The minimum atomic E-state index is -0.106. The van der Waals surface area contributed by atoms with Crippen molar-refractivity contribution in [3.8, 4) is 5.75 Å². The van der Waals surface area contributed by atoms with Gasteiger partial charge < -0.3 is 9.15 Å². The van der Waals surface area contributed by atoms with Crippen LogP contribution in [-0.2, 0) is 0 Å². The summed E-state index contributed by atoms with van der Waals surface area (Å²) in [6, 6.07) is 3.40. The van der Waals surface area contributed by atoms with Gasteiger partial charge in [0.25, 0.3) is 0 Å². The molecule has 2 heterocycles. The summed E-state index contributed by atoms with van der Waals surface area (Å²) in [5.74, 6) is 1.80. The Kier molecular flexibility index (Phi) is 2.95. The molecule has 0 aliphatic heterocycles. The first-order valence-corrected chi connectivity index (χ1v) is 5.22. The first-order chi connectivity index (χ1) is 8.11. The number of nitrogens with zero attached hydrogens (tertiary/aromatic N) is 1. The second-order valence-electron chi connectivity index (χ2n) is 3.77. The molecule has 0 N–H and O–H groups in total. The van der Waals surface area contributed by atoms with Crippen LogP contribution in [0.25, 0.3) is 0 Å². The van der Waals surface area contributed by atoms with E-state index >= 15 is 0 Å². The molecule has 17 heavy (non-hydrogen) atoms. The molecule has 0 spiro atoms. The fourth-order valence-corrected chi connectivity index (χ4v) is 1.67. The molecule has 4 nitrogen and oxygen atoms in total. The Balaban J connectivity index is 2.40. The molecule has 0 saturated carbocycles. The highest BCUT2D eigenvalue weighted by Crippen LogP contribution is 2.19. The topological polar surface area (TPSA) is 52.3 Å². The number of rotatable bonds is 3. The molecular formula is C13H13NO3. The molecule has 0 fully saturated rings. The molecule has 0 aromatic carbocycles. The van der Waals surface area contributed by atoms with E-state index in [9.17, 15) is 4.79 Å². The summed E-state index contributed by atoms with van der Waals surface area (Å²) in [4.78, 5) is 16.2. The lowest BCUT2D eigenvalue weighted by Crippen LogP contribution is -2.02. The summed E-state index contributed by atoms with van der Waals surface area (Å²) in [7, 11) is 1.54. The number of pyridine rings is 1. The SMILES string of the molecule is COc1cncc(C(=O)c2cc(C)oc2C)c1. The molecule has 0 amide bonds. The Morgan fingerprint density at radius 2 is 2.06 bits per heavy atom. The number of hydrogen-bond acceptors (Lipinski definition) is 4. The number of aromatic nitrogens is 1. The average molecular weight is 231 g/mol. The Morgan fingerprint density at radius 3 is 2.65 bits per heavy atom.